The fourth-order valence-electron chi connectivity index (χ4n) is 5.71. The van der Waals surface area contributed by atoms with Crippen molar-refractivity contribution in [3.63, 3.8) is 0 Å². The lowest BCUT2D eigenvalue weighted by atomic mass is 9.93. The van der Waals surface area contributed by atoms with Gasteiger partial charge in [-0.25, -0.2) is 18.6 Å². The Bertz CT molecular complexity index is 1670. The molecule has 0 aliphatic carbocycles. The number of halogens is 2. The van der Waals surface area contributed by atoms with E-state index in [1.54, 1.807) is 30.3 Å². The molecule has 8 nitrogen and oxygen atoms in total. The lowest BCUT2D eigenvalue weighted by Crippen LogP contribution is -2.35. The fraction of sp³-hybridized carbons (Fsp3) is 0.344. The molecular formula is C32H30F2N4O4. The van der Waals surface area contributed by atoms with E-state index in [0.29, 0.717) is 47.7 Å². The molecule has 2 saturated heterocycles. The number of carboxylic acids is 1. The highest BCUT2D eigenvalue weighted by molar-refractivity contribution is 5.94. The summed E-state index contributed by atoms with van der Waals surface area (Å²) in [4.78, 5) is 18.5. The van der Waals surface area contributed by atoms with Gasteiger partial charge < -0.3 is 19.1 Å². The normalized spacial score (nSPS) is 17.6. The van der Waals surface area contributed by atoms with Crippen LogP contribution in [0, 0.1) is 23.0 Å². The molecule has 0 radical (unpaired) electrons. The van der Waals surface area contributed by atoms with Gasteiger partial charge in [0.15, 0.2) is 5.82 Å². The van der Waals surface area contributed by atoms with E-state index in [2.05, 4.69) is 9.88 Å². The summed E-state index contributed by atoms with van der Waals surface area (Å²) in [5.74, 6) is -1.24. The molecule has 10 heteroatoms. The number of fused-ring (bicyclic) bond motifs is 1. The average Bonchev–Trinajstić information content (AvgIpc) is 3.24. The Hall–Kier alpha value is -4.33. The van der Waals surface area contributed by atoms with Crippen molar-refractivity contribution < 1.29 is 28.2 Å². The zero-order valence-electron chi connectivity index (χ0n) is 22.9. The summed E-state index contributed by atoms with van der Waals surface area (Å²) in [6, 6.07) is 16.3. The predicted octanol–water partition coefficient (Wildman–Crippen LogP) is 5.63. The van der Waals surface area contributed by atoms with Crippen LogP contribution in [0.3, 0.4) is 0 Å². The van der Waals surface area contributed by atoms with Crippen LogP contribution in [0.4, 0.5) is 8.78 Å². The second kappa shape index (κ2) is 11.9. The highest BCUT2D eigenvalue weighted by Gasteiger charge is 2.28. The number of hydrogen-bond acceptors (Lipinski definition) is 6. The molecule has 0 bridgehead atoms. The molecule has 0 amide bonds. The second-order valence-corrected chi connectivity index (χ2v) is 10.8. The fourth-order valence-corrected chi connectivity index (χ4v) is 5.71. The molecule has 0 saturated carbocycles. The van der Waals surface area contributed by atoms with Crippen molar-refractivity contribution in [2.75, 3.05) is 19.7 Å². The van der Waals surface area contributed by atoms with Gasteiger partial charge in [0.25, 0.3) is 0 Å². The summed E-state index contributed by atoms with van der Waals surface area (Å²) < 4.78 is 43.2. The SMILES string of the molecule is N#Cc1ccc(COc2cccc(C3CCN(Cc4c(F)c5ccc(C(=O)O)cc5n4C[C@@H]4CCO4)CC3)n2)c(F)c1. The maximum absolute atomic E-state index is 15.7. The first-order valence-electron chi connectivity index (χ1n) is 14.1. The molecular weight excluding hydrogens is 542 g/mol. The number of nitriles is 1. The lowest BCUT2D eigenvalue weighted by molar-refractivity contribution is -0.0591. The van der Waals surface area contributed by atoms with E-state index in [1.165, 1.54) is 12.1 Å². The molecule has 2 aromatic carbocycles. The second-order valence-electron chi connectivity index (χ2n) is 10.8. The number of aromatic carboxylic acids is 1. The third-order valence-corrected chi connectivity index (χ3v) is 8.21. The van der Waals surface area contributed by atoms with Crippen molar-refractivity contribution in [2.24, 2.45) is 0 Å². The van der Waals surface area contributed by atoms with Crippen molar-refractivity contribution >= 4 is 16.9 Å². The van der Waals surface area contributed by atoms with Gasteiger partial charge in [-0.1, -0.05) is 12.1 Å². The Kier molecular flexibility index (Phi) is 7.87. The maximum Gasteiger partial charge on any atom is 0.335 e. The first-order valence-corrected chi connectivity index (χ1v) is 14.1. The number of benzene rings is 2. The Labute approximate surface area is 241 Å². The van der Waals surface area contributed by atoms with Crippen LogP contribution in [0.1, 0.15) is 58.1 Å². The van der Waals surface area contributed by atoms with Crippen molar-refractivity contribution in [1.29, 1.82) is 5.26 Å². The van der Waals surface area contributed by atoms with Crippen LogP contribution in [-0.2, 0) is 24.4 Å². The van der Waals surface area contributed by atoms with E-state index in [4.69, 9.17) is 14.7 Å². The first-order chi connectivity index (χ1) is 20.4. The van der Waals surface area contributed by atoms with Gasteiger partial charge in [0.1, 0.15) is 12.4 Å². The monoisotopic (exact) mass is 572 g/mol. The minimum atomic E-state index is -1.04. The topological polar surface area (TPSA) is 101 Å². The number of likely N-dealkylation sites (tertiary alicyclic amines) is 1. The van der Waals surface area contributed by atoms with Gasteiger partial charge in [0.05, 0.1) is 34.5 Å². The van der Waals surface area contributed by atoms with Gasteiger partial charge in [-0.15, -0.1) is 0 Å². The van der Waals surface area contributed by atoms with Crippen LogP contribution in [0.5, 0.6) is 5.88 Å². The van der Waals surface area contributed by atoms with E-state index in [1.807, 2.05) is 22.8 Å². The molecule has 6 rings (SSSR count). The lowest BCUT2D eigenvalue weighted by Gasteiger charge is -2.33. The molecule has 2 aliphatic heterocycles. The van der Waals surface area contributed by atoms with E-state index in [-0.39, 0.29) is 35.6 Å². The largest absolute Gasteiger partial charge is 0.478 e. The van der Waals surface area contributed by atoms with Gasteiger partial charge in [0.2, 0.25) is 5.88 Å². The third-order valence-electron chi connectivity index (χ3n) is 8.21. The Morgan fingerprint density at radius 1 is 1.12 bits per heavy atom. The summed E-state index contributed by atoms with van der Waals surface area (Å²) in [5.41, 5.74) is 2.76. The van der Waals surface area contributed by atoms with Gasteiger partial charge in [-0.2, -0.15) is 5.26 Å². The molecule has 42 heavy (non-hydrogen) atoms. The zero-order chi connectivity index (χ0) is 29.2. The highest BCUT2D eigenvalue weighted by atomic mass is 19.1. The van der Waals surface area contributed by atoms with Crippen LogP contribution in [0.15, 0.2) is 54.6 Å². The molecule has 4 aromatic rings. The minimum Gasteiger partial charge on any atom is -0.478 e. The van der Waals surface area contributed by atoms with Crippen LogP contribution in [0.2, 0.25) is 0 Å². The molecule has 2 aliphatic rings. The number of ether oxygens (including phenoxy) is 2. The van der Waals surface area contributed by atoms with Gasteiger partial charge in [0, 0.05) is 48.3 Å². The maximum atomic E-state index is 15.7. The molecule has 2 fully saturated rings. The number of aromatic nitrogens is 2. The summed E-state index contributed by atoms with van der Waals surface area (Å²) in [5, 5.41) is 18.8. The van der Waals surface area contributed by atoms with Crippen LogP contribution < -0.4 is 4.74 Å². The standard InChI is InChI=1S/C32H30F2N4O4/c33-26-14-20(16-35)4-5-23(26)19-42-30-3-1-2-27(36-30)21-8-11-37(12-9-21)18-29-31(34)25-7-6-22(32(39)40)15-28(25)38(29)17-24-10-13-41-24/h1-7,14-15,21,24H,8-13,17-19H2,(H,39,40)/t24-/m0/s1. The third kappa shape index (κ3) is 5.71. The summed E-state index contributed by atoms with van der Waals surface area (Å²) in [6.45, 7) is 3.08. The van der Waals surface area contributed by atoms with E-state index in [9.17, 15) is 14.3 Å². The number of carboxylic acid groups (broad SMARTS) is 1. The van der Waals surface area contributed by atoms with Crippen LogP contribution >= 0.6 is 0 Å². The Morgan fingerprint density at radius 2 is 1.93 bits per heavy atom. The first kappa shape index (κ1) is 27.8. The van der Waals surface area contributed by atoms with Gasteiger partial charge in [-0.05, 0) is 68.8 Å². The summed E-state index contributed by atoms with van der Waals surface area (Å²) in [7, 11) is 0. The number of nitrogens with zero attached hydrogens (tertiary/aromatic N) is 4. The number of hydrogen-bond donors (Lipinski definition) is 1. The molecule has 4 heterocycles. The zero-order valence-corrected chi connectivity index (χ0v) is 22.9. The average molecular weight is 573 g/mol. The predicted molar refractivity (Wildman–Crippen MR) is 150 cm³/mol. The van der Waals surface area contributed by atoms with E-state index >= 15 is 4.39 Å². The van der Waals surface area contributed by atoms with E-state index in [0.717, 1.165) is 38.0 Å². The molecule has 0 unspecified atom stereocenters. The molecule has 1 atom stereocenters. The number of piperidine rings is 1. The summed E-state index contributed by atoms with van der Waals surface area (Å²) >= 11 is 0. The van der Waals surface area contributed by atoms with Crippen molar-refractivity contribution in [2.45, 2.75) is 51.0 Å². The smallest absolute Gasteiger partial charge is 0.335 e. The molecule has 0 spiro atoms. The van der Waals surface area contributed by atoms with Gasteiger partial charge in [-0.3, -0.25) is 4.90 Å². The number of rotatable bonds is 9. The van der Waals surface area contributed by atoms with Crippen LogP contribution in [-0.4, -0.2) is 51.3 Å². The van der Waals surface area contributed by atoms with Crippen LogP contribution in [0.25, 0.3) is 10.9 Å². The van der Waals surface area contributed by atoms with Crippen molar-refractivity contribution in [3.8, 4) is 11.9 Å². The number of carbonyl (C=O) groups is 1. The highest BCUT2D eigenvalue weighted by Crippen LogP contribution is 2.32. The quantitative estimate of drug-likeness (QED) is 0.277. The molecule has 216 valence electrons. The van der Waals surface area contributed by atoms with Crippen molar-refractivity contribution in [1.82, 2.24) is 14.5 Å². The van der Waals surface area contributed by atoms with Crippen molar-refractivity contribution in [3.05, 3.63) is 94.3 Å². The molecule has 1 N–H and O–H groups in total. The Morgan fingerprint density at radius 3 is 2.62 bits per heavy atom. The number of pyridine rings is 1. The van der Waals surface area contributed by atoms with Gasteiger partial charge >= 0.3 is 5.97 Å². The van der Waals surface area contributed by atoms with E-state index < -0.39 is 11.8 Å². The summed E-state index contributed by atoms with van der Waals surface area (Å²) in [6.07, 6.45) is 2.55. The minimum absolute atomic E-state index is 0.00581. The Balaban J connectivity index is 1.13. The molecule has 2 aromatic heterocycles.